The van der Waals surface area contributed by atoms with E-state index in [4.69, 9.17) is 5.73 Å². The number of amides is 3. The fourth-order valence-corrected chi connectivity index (χ4v) is 2.38. The summed E-state index contributed by atoms with van der Waals surface area (Å²) in [4.78, 5) is 24.2. The Morgan fingerprint density at radius 1 is 0.889 bits per heavy atom. The van der Waals surface area contributed by atoms with E-state index in [0.717, 1.165) is 12.8 Å². The maximum atomic E-state index is 12.2. The molecule has 0 aliphatic carbocycles. The zero-order chi connectivity index (χ0) is 19.0. The number of hydrogen-bond donors (Lipinski definition) is 4. The summed E-state index contributed by atoms with van der Waals surface area (Å²) in [5.74, 6) is -0.179. The molecular weight excluding hydrogens is 364 g/mol. The highest BCUT2D eigenvalue weighted by Gasteiger charge is 2.21. The van der Waals surface area contributed by atoms with E-state index < -0.39 is 0 Å². The minimum Gasteiger partial charge on any atom is -0.350 e. The largest absolute Gasteiger partial charge is 0.350 e. The van der Waals surface area contributed by atoms with Crippen LogP contribution in [0.3, 0.4) is 0 Å². The Labute approximate surface area is 166 Å². The van der Waals surface area contributed by atoms with Gasteiger partial charge in [-0.15, -0.1) is 12.4 Å². The number of urea groups is 1. The Morgan fingerprint density at radius 3 is 1.93 bits per heavy atom. The number of para-hydroxylation sites is 1. The number of carbonyl (C=O) groups is 2. The van der Waals surface area contributed by atoms with E-state index in [1.54, 1.807) is 36.4 Å². The summed E-state index contributed by atoms with van der Waals surface area (Å²) in [5, 5.41) is 8.33. The van der Waals surface area contributed by atoms with Gasteiger partial charge in [0.2, 0.25) is 0 Å². The average Bonchev–Trinajstić information content (AvgIpc) is 2.67. The van der Waals surface area contributed by atoms with Crippen LogP contribution in [-0.2, 0) is 0 Å². The van der Waals surface area contributed by atoms with Crippen molar-refractivity contribution in [2.45, 2.75) is 32.2 Å². The molecule has 146 valence electrons. The number of carbonyl (C=O) groups excluding carboxylic acids is 2. The predicted molar refractivity (Wildman–Crippen MR) is 113 cm³/mol. The van der Waals surface area contributed by atoms with Crippen LogP contribution in [0.2, 0.25) is 0 Å². The van der Waals surface area contributed by atoms with Crippen molar-refractivity contribution in [3.8, 4) is 0 Å². The van der Waals surface area contributed by atoms with Crippen molar-refractivity contribution < 1.29 is 9.59 Å². The summed E-state index contributed by atoms with van der Waals surface area (Å²) in [7, 11) is 0. The van der Waals surface area contributed by atoms with E-state index >= 15 is 0 Å². The normalized spacial score (nSPS) is 10.5. The zero-order valence-corrected chi connectivity index (χ0v) is 16.4. The number of nitrogens with two attached hydrogens (primary N) is 1. The Balaban J connectivity index is 0.00000364. The van der Waals surface area contributed by atoms with Gasteiger partial charge in [0, 0.05) is 29.0 Å². The molecule has 2 rings (SSSR count). The van der Waals surface area contributed by atoms with Gasteiger partial charge in [0.1, 0.15) is 0 Å². The van der Waals surface area contributed by atoms with Gasteiger partial charge in [-0.2, -0.15) is 0 Å². The van der Waals surface area contributed by atoms with Gasteiger partial charge in [-0.25, -0.2) is 4.79 Å². The third kappa shape index (κ3) is 6.92. The molecule has 0 atom stereocenters. The second-order valence-electron chi connectivity index (χ2n) is 6.27. The summed E-state index contributed by atoms with van der Waals surface area (Å²) in [6.45, 7) is 4.45. The minimum atomic E-state index is -0.382. The standard InChI is InChI=1S/C20H26N4O2.ClH/c1-3-20(21,4-2)14-22-18(25)15-10-12-17(13-11-15)24-19(26)23-16-8-6-5-7-9-16;/h5-13H,3-4,14,21H2,1-2H3,(H,22,25)(H2,23,24,26);1H. The SMILES string of the molecule is CCC(N)(CC)CNC(=O)c1ccc(NC(=O)Nc2ccccc2)cc1.Cl. The molecule has 27 heavy (non-hydrogen) atoms. The van der Waals surface area contributed by atoms with E-state index in [1.807, 2.05) is 32.0 Å². The summed E-state index contributed by atoms with van der Waals surface area (Å²) in [6.07, 6.45) is 1.59. The van der Waals surface area contributed by atoms with Gasteiger partial charge in [-0.05, 0) is 49.2 Å². The van der Waals surface area contributed by atoms with Crippen molar-refractivity contribution in [2.75, 3.05) is 17.2 Å². The highest BCUT2D eigenvalue weighted by molar-refractivity contribution is 6.00. The molecule has 0 saturated carbocycles. The number of benzene rings is 2. The van der Waals surface area contributed by atoms with E-state index in [0.29, 0.717) is 23.5 Å². The molecule has 6 nitrogen and oxygen atoms in total. The van der Waals surface area contributed by atoms with Crippen molar-refractivity contribution in [3.05, 3.63) is 60.2 Å². The fourth-order valence-electron chi connectivity index (χ4n) is 2.38. The lowest BCUT2D eigenvalue weighted by atomic mass is 9.94. The monoisotopic (exact) mass is 390 g/mol. The molecule has 2 aromatic carbocycles. The quantitative estimate of drug-likeness (QED) is 0.575. The molecule has 0 saturated heterocycles. The van der Waals surface area contributed by atoms with Crippen LogP contribution < -0.4 is 21.7 Å². The number of halogens is 1. The van der Waals surface area contributed by atoms with Gasteiger partial charge in [-0.1, -0.05) is 32.0 Å². The number of hydrogen-bond acceptors (Lipinski definition) is 3. The van der Waals surface area contributed by atoms with Gasteiger partial charge in [-0.3, -0.25) is 4.79 Å². The van der Waals surface area contributed by atoms with E-state index in [1.165, 1.54) is 0 Å². The van der Waals surface area contributed by atoms with E-state index in [-0.39, 0.29) is 29.9 Å². The summed E-state index contributed by atoms with van der Waals surface area (Å²) < 4.78 is 0. The molecule has 5 N–H and O–H groups in total. The Hall–Kier alpha value is -2.57. The molecule has 0 radical (unpaired) electrons. The number of rotatable bonds is 7. The molecule has 0 aromatic heterocycles. The summed E-state index contributed by atoms with van der Waals surface area (Å²) >= 11 is 0. The molecule has 0 spiro atoms. The first-order chi connectivity index (χ1) is 12.5. The van der Waals surface area contributed by atoms with Crippen LogP contribution in [0.5, 0.6) is 0 Å². The van der Waals surface area contributed by atoms with Crippen molar-refractivity contribution >= 4 is 35.7 Å². The van der Waals surface area contributed by atoms with Crippen LogP contribution in [-0.4, -0.2) is 24.0 Å². The minimum absolute atomic E-state index is 0. The summed E-state index contributed by atoms with van der Waals surface area (Å²) in [5.41, 5.74) is 7.64. The molecule has 0 unspecified atom stereocenters. The van der Waals surface area contributed by atoms with Gasteiger partial charge in [0.25, 0.3) is 5.91 Å². The van der Waals surface area contributed by atoms with E-state index in [9.17, 15) is 9.59 Å². The molecule has 0 heterocycles. The summed E-state index contributed by atoms with van der Waals surface area (Å²) in [6, 6.07) is 15.5. The Kier molecular flexibility index (Phi) is 8.78. The topological polar surface area (TPSA) is 96.2 Å². The van der Waals surface area contributed by atoms with Crippen molar-refractivity contribution in [2.24, 2.45) is 5.73 Å². The van der Waals surface area contributed by atoms with E-state index in [2.05, 4.69) is 16.0 Å². The Bertz CT molecular complexity index is 731. The third-order valence-electron chi connectivity index (χ3n) is 4.45. The molecule has 0 aliphatic rings. The fraction of sp³-hybridized carbons (Fsp3) is 0.300. The maximum Gasteiger partial charge on any atom is 0.323 e. The highest BCUT2D eigenvalue weighted by atomic mass is 35.5. The first-order valence-electron chi connectivity index (χ1n) is 8.76. The Morgan fingerprint density at radius 2 is 1.41 bits per heavy atom. The molecular formula is C20H27ClN4O2. The number of nitrogens with one attached hydrogen (secondary N) is 3. The van der Waals surface area contributed by atoms with Crippen LogP contribution in [0.15, 0.2) is 54.6 Å². The van der Waals surface area contributed by atoms with Crippen LogP contribution >= 0.6 is 12.4 Å². The van der Waals surface area contributed by atoms with Crippen molar-refractivity contribution in [1.29, 1.82) is 0 Å². The molecule has 0 fully saturated rings. The third-order valence-corrected chi connectivity index (χ3v) is 4.45. The average molecular weight is 391 g/mol. The van der Waals surface area contributed by atoms with Crippen molar-refractivity contribution in [1.82, 2.24) is 5.32 Å². The van der Waals surface area contributed by atoms with Crippen molar-refractivity contribution in [3.63, 3.8) is 0 Å². The van der Waals surface area contributed by atoms with Crippen LogP contribution in [0.4, 0.5) is 16.2 Å². The maximum absolute atomic E-state index is 12.2. The molecule has 0 aliphatic heterocycles. The van der Waals surface area contributed by atoms with Gasteiger partial charge < -0.3 is 21.7 Å². The smallest absolute Gasteiger partial charge is 0.323 e. The van der Waals surface area contributed by atoms with Gasteiger partial charge >= 0.3 is 6.03 Å². The van der Waals surface area contributed by atoms with Crippen LogP contribution in [0.25, 0.3) is 0 Å². The molecule has 0 bridgehead atoms. The second kappa shape index (κ2) is 10.5. The lowest BCUT2D eigenvalue weighted by molar-refractivity contribution is 0.0942. The highest BCUT2D eigenvalue weighted by Crippen LogP contribution is 2.13. The van der Waals surface area contributed by atoms with Gasteiger partial charge in [0.15, 0.2) is 0 Å². The van der Waals surface area contributed by atoms with Crippen LogP contribution in [0.1, 0.15) is 37.0 Å². The molecule has 7 heteroatoms. The lowest BCUT2D eigenvalue weighted by Gasteiger charge is -2.26. The van der Waals surface area contributed by atoms with Crippen LogP contribution in [0, 0.1) is 0 Å². The number of anilines is 2. The second-order valence-corrected chi connectivity index (χ2v) is 6.27. The molecule has 2 aromatic rings. The molecule has 3 amide bonds. The zero-order valence-electron chi connectivity index (χ0n) is 15.6. The van der Waals surface area contributed by atoms with Gasteiger partial charge in [0.05, 0.1) is 0 Å². The predicted octanol–water partition coefficient (Wildman–Crippen LogP) is 4.00. The first kappa shape index (κ1) is 22.5. The lowest BCUT2D eigenvalue weighted by Crippen LogP contribution is -2.49. The first-order valence-corrected chi connectivity index (χ1v) is 8.76.